The summed E-state index contributed by atoms with van der Waals surface area (Å²) in [6.45, 7) is 0.0736. The molecule has 1 unspecified atom stereocenters. The van der Waals surface area contributed by atoms with E-state index in [2.05, 4.69) is 5.32 Å². The number of ether oxygens (including phenoxy) is 1. The molecule has 2 N–H and O–H groups in total. The number of alkyl halides is 1. The molecule has 0 saturated heterocycles. The number of rotatable bonds is 6. The molecular formula is C17H16ClNO4. The second kappa shape index (κ2) is 8.19. The summed E-state index contributed by atoms with van der Waals surface area (Å²) in [5, 5.41) is 11.6. The average Bonchev–Trinajstić information content (AvgIpc) is 2.58. The molecule has 1 atom stereocenters. The van der Waals surface area contributed by atoms with Crippen molar-refractivity contribution in [1.82, 2.24) is 5.32 Å². The van der Waals surface area contributed by atoms with E-state index in [4.69, 9.17) is 16.3 Å². The Bertz CT molecular complexity index is 658. The Morgan fingerprint density at radius 2 is 1.70 bits per heavy atom. The number of hydrogen-bond donors (Lipinski definition) is 2. The molecule has 2 aromatic rings. The molecule has 0 radical (unpaired) electrons. The zero-order valence-corrected chi connectivity index (χ0v) is 13.0. The van der Waals surface area contributed by atoms with Gasteiger partial charge >= 0.3 is 12.1 Å². The summed E-state index contributed by atoms with van der Waals surface area (Å²) < 4.78 is 5.04. The van der Waals surface area contributed by atoms with Gasteiger partial charge in [-0.25, -0.2) is 9.59 Å². The molecule has 0 heterocycles. The highest BCUT2D eigenvalue weighted by Crippen LogP contribution is 2.16. The van der Waals surface area contributed by atoms with Crippen LogP contribution in [0.2, 0.25) is 0 Å². The first kappa shape index (κ1) is 16.8. The Morgan fingerprint density at radius 3 is 2.26 bits per heavy atom. The lowest BCUT2D eigenvalue weighted by Gasteiger charge is -2.15. The van der Waals surface area contributed by atoms with E-state index in [1.807, 2.05) is 30.3 Å². The number of halogens is 1. The quantitative estimate of drug-likeness (QED) is 0.794. The van der Waals surface area contributed by atoms with Crippen molar-refractivity contribution in [2.24, 2.45) is 0 Å². The maximum absolute atomic E-state index is 11.8. The fourth-order valence-corrected chi connectivity index (χ4v) is 2.15. The molecule has 0 bridgehead atoms. The van der Waals surface area contributed by atoms with Gasteiger partial charge in [0.15, 0.2) is 6.04 Å². The Hall–Kier alpha value is -2.53. The maximum Gasteiger partial charge on any atom is 0.408 e. The fraction of sp³-hybridized carbons (Fsp3) is 0.176. The highest BCUT2D eigenvalue weighted by molar-refractivity contribution is 6.17. The number of carboxylic acid groups (broad SMARTS) is 1. The Labute approximate surface area is 138 Å². The molecule has 0 fully saturated rings. The van der Waals surface area contributed by atoms with Gasteiger partial charge in [-0.3, -0.25) is 0 Å². The number of nitrogens with one attached hydrogen (secondary N) is 1. The first-order valence-electron chi connectivity index (χ1n) is 6.95. The predicted molar refractivity (Wildman–Crippen MR) is 86.1 cm³/mol. The number of carbonyl (C=O) groups is 2. The normalized spacial score (nSPS) is 11.5. The highest BCUT2D eigenvalue weighted by atomic mass is 35.5. The summed E-state index contributed by atoms with van der Waals surface area (Å²) in [7, 11) is 0. The van der Waals surface area contributed by atoms with Crippen molar-refractivity contribution >= 4 is 23.7 Å². The van der Waals surface area contributed by atoms with Gasteiger partial charge in [0.1, 0.15) is 6.61 Å². The highest BCUT2D eigenvalue weighted by Gasteiger charge is 2.22. The monoisotopic (exact) mass is 333 g/mol. The van der Waals surface area contributed by atoms with E-state index in [1.54, 1.807) is 24.3 Å². The topological polar surface area (TPSA) is 75.6 Å². The van der Waals surface area contributed by atoms with Crippen molar-refractivity contribution in [2.75, 3.05) is 0 Å². The molecule has 120 valence electrons. The van der Waals surface area contributed by atoms with E-state index in [0.29, 0.717) is 11.4 Å². The number of benzene rings is 2. The number of carboxylic acids is 1. The van der Waals surface area contributed by atoms with Crippen molar-refractivity contribution in [3.63, 3.8) is 0 Å². The van der Waals surface area contributed by atoms with Gasteiger partial charge in [-0.1, -0.05) is 54.6 Å². The summed E-state index contributed by atoms with van der Waals surface area (Å²) in [4.78, 5) is 23.2. The summed E-state index contributed by atoms with van der Waals surface area (Å²) >= 11 is 5.70. The lowest BCUT2D eigenvalue weighted by molar-refractivity contribution is -0.139. The van der Waals surface area contributed by atoms with E-state index in [0.717, 1.165) is 11.1 Å². The summed E-state index contributed by atoms with van der Waals surface area (Å²) in [5.41, 5.74) is 2.13. The van der Waals surface area contributed by atoms with E-state index in [-0.39, 0.29) is 6.61 Å². The van der Waals surface area contributed by atoms with Crippen LogP contribution in [0.3, 0.4) is 0 Å². The predicted octanol–water partition coefficient (Wildman–Crippen LogP) is 3.48. The third kappa shape index (κ3) is 5.00. The van der Waals surface area contributed by atoms with Crippen LogP contribution in [-0.2, 0) is 22.0 Å². The standard InChI is InChI=1S/C17H16ClNO4/c18-10-12-6-8-14(9-7-12)15(16(20)21)19-17(22)23-11-13-4-2-1-3-5-13/h1-9,15H,10-11H2,(H,19,22)(H,20,21). The van der Waals surface area contributed by atoms with Gasteiger partial charge in [0.05, 0.1) is 0 Å². The largest absolute Gasteiger partial charge is 0.479 e. The van der Waals surface area contributed by atoms with Crippen molar-refractivity contribution in [3.05, 3.63) is 71.3 Å². The molecule has 0 aliphatic rings. The number of hydrogen-bond acceptors (Lipinski definition) is 3. The van der Waals surface area contributed by atoms with Crippen LogP contribution in [0, 0.1) is 0 Å². The van der Waals surface area contributed by atoms with Crippen molar-refractivity contribution in [2.45, 2.75) is 18.5 Å². The molecule has 0 aliphatic carbocycles. The van der Waals surface area contributed by atoms with Crippen LogP contribution in [0.4, 0.5) is 4.79 Å². The van der Waals surface area contributed by atoms with Crippen LogP contribution in [0.1, 0.15) is 22.7 Å². The molecule has 5 nitrogen and oxygen atoms in total. The van der Waals surface area contributed by atoms with Crippen molar-refractivity contribution in [1.29, 1.82) is 0 Å². The third-order valence-corrected chi connectivity index (χ3v) is 3.50. The second-order valence-corrected chi connectivity index (χ2v) is 5.12. The van der Waals surface area contributed by atoms with Gasteiger partial charge in [0, 0.05) is 5.88 Å². The number of amides is 1. The van der Waals surface area contributed by atoms with Crippen LogP contribution in [0.15, 0.2) is 54.6 Å². The summed E-state index contributed by atoms with van der Waals surface area (Å²) in [6, 6.07) is 14.6. The Kier molecular flexibility index (Phi) is 6.00. The summed E-state index contributed by atoms with van der Waals surface area (Å²) in [6.07, 6.45) is -0.789. The second-order valence-electron chi connectivity index (χ2n) is 4.85. The van der Waals surface area contributed by atoms with Crippen LogP contribution < -0.4 is 5.32 Å². The molecule has 2 rings (SSSR count). The first-order chi connectivity index (χ1) is 11.1. The van der Waals surface area contributed by atoms with Gasteiger partial charge in [0.2, 0.25) is 0 Å². The van der Waals surface area contributed by atoms with E-state index >= 15 is 0 Å². The molecule has 1 amide bonds. The molecule has 0 spiro atoms. The zero-order valence-electron chi connectivity index (χ0n) is 12.2. The minimum atomic E-state index is -1.18. The summed E-state index contributed by atoms with van der Waals surface area (Å²) in [5.74, 6) is -0.829. The van der Waals surface area contributed by atoms with Gasteiger partial charge in [-0.05, 0) is 16.7 Å². The number of aliphatic carboxylic acids is 1. The lowest BCUT2D eigenvalue weighted by atomic mass is 10.1. The number of alkyl carbamates (subject to hydrolysis) is 1. The average molecular weight is 334 g/mol. The van der Waals surface area contributed by atoms with Crippen LogP contribution >= 0.6 is 11.6 Å². The molecule has 23 heavy (non-hydrogen) atoms. The minimum Gasteiger partial charge on any atom is -0.479 e. The number of carbonyl (C=O) groups excluding carboxylic acids is 1. The molecular weight excluding hydrogens is 318 g/mol. The van der Waals surface area contributed by atoms with Crippen LogP contribution in [-0.4, -0.2) is 17.2 Å². The molecule has 2 aromatic carbocycles. The minimum absolute atomic E-state index is 0.0736. The van der Waals surface area contributed by atoms with Gasteiger partial charge in [-0.15, -0.1) is 11.6 Å². The van der Waals surface area contributed by atoms with E-state index in [9.17, 15) is 14.7 Å². The van der Waals surface area contributed by atoms with Gasteiger partial charge in [0.25, 0.3) is 0 Å². The van der Waals surface area contributed by atoms with Gasteiger partial charge in [-0.2, -0.15) is 0 Å². The third-order valence-electron chi connectivity index (χ3n) is 3.19. The van der Waals surface area contributed by atoms with Gasteiger partial charge < -0.3 is 15.2 Å². The smallest absolute Gasteiger partial charge is 0.408 e. The van der Waals surface area contributed by atoms with E-state index < -0.39 is 18.1 Å². The van der Waals surface area contributed by atoms with Crippen molar-refractivity contribution in [3.8, 4) is 0 Å². The van der Waals surface area contributed by atoms with Crippen LogP contribution in [0.25, 0.3) is 0 Å². The molecule has 0 aliphatic heterocycles. The van der Waals surface area contributed by atoms with Crippen molar-refractivity contribution < 1.29 is 19.4 Å². The molecule has 0 aromatic heterocycles. The molecule has 6 heteroatoms. The first-order valence-corrected chi connectivity index (χ1v) is 7.48. The Morgan fingerprint density at radius 1 is 1.04 bits per heavy atom. The molecule has 0 saturated carbocycles. The maximum atomic E-state index is 11.8. The van der Waals surface area contributed by atoms with Crippen LogP contribution in [0.5, 0.6) is 0 Å². The zero-order chi connectivity index (χ0) is 16.7. The Balaban J connectivity index is 1.98. The lowest BCUT2D eigenvalue weighted by Crippen LogP contribution is -2.34. The fourth-order valence-electron chi connectivity index (χ4n) is 1.97. The van der Waals surface area contributed by atoms with E-state index in [1.165, 1.54) is 0 Å². The SMILES string of the molecule is O=C(NC(C(=O)O)c1ccc(CCl)cc1)OCc1ccccc1.